The van der Waals surface area contributed by atoms with E-state index in [4.69, 9.17) is 26.5 Å². The second-order valence-electron chi connectivity index (χ2n) is 4.27. The Balaban J connectivity index is 2.03. The van der Waals surface area contributed by atoms with E-state index >= 15 is 0 Å². The van der Waals surface area contributed by atoms with Gasteiger partial charge >= 0.3 is 0 Å². The van der Waals surface area contributed by atoms with Gasteiger partial charge < -0.3 is 14.9 Å². The highest BCUT2D eigenvalue weighted by Crippen LogP contribution is 2.30. The molecule has 3 rings (SSSR count). The Morgan fingerprint density at radius 2 is 2.15 bits per heavy atom. The molecule has 20 heavy (non-hydrogen) atoms. The minimum absolute atomic E-state index is 0.458. The predicted octanol–water partition coefficient (Wildman–Crippen LogP) is 2.93. The Hall–Kier alpha value is -2.11. The maximum Gasteiger partial charge on any atom is 0.216 e. The predicted molar refractivity (Wildman–Crippen MR) is 75.8 cm³/mol. The first-order valence-electron chi connectivity index (χ1n) is 5.98. The number of aromatic nitrogens is 2. The largest absolute Gasteiger partial charge is 0.481 e. The lowest BCUT2D eigenvalue weighted by Gasteiger charge is -2.08. The highest BCUT2D eigenvalue weighted by atomic mass is 35.5. The fraction of sp³-hybridized carbons (Fsp3) is 0.143. The molecule has 0 aliphatic rings. The van der Waals surface area contributed by atoms with Gasteiger partial charge in [-0.15, -0.1) is 0 Å². The van der Waals surface area contributed by atoms with Gasteiger partial charge in [-0.1, -0.05) is 23.7 Å². The van der Waals surface area contributed by atoms with Crippen molar-refractivity contribution in [3.8, 4) is 5.88 Å². The molecule has 3 aromatic rings. The third-order valence-electron chi connectivity index (χ3n) is 3.01. The maximum atomic E-state index is 6.17. The lowest BCUT2D eigenvalue weighted by atomic mass is 10.1. The van der Waals surface area contributed by atoms with E-state index in [0.717, 1.165) is 5.39 Å². The summed E-state index contributed by atoms with van der Waals surface area (Å²) in [4.78, 5) is 8.10. The van der Waals surface area contributed by atoms with Gasteiger partial charge in [0, 0.05) is 11.5 Å². The van der Waals surface area contributed by atoms with Gasteiger partial charge in [-0.05, 0) is 12.1 Å². The molecule has 1 unspecified atom stereocenters. The number of ether oxygens (including phenoxy) is 1. The number of hydrogen-bond acceptors (Lipinski definition) is 5. The van der Waals surface area contributed by atoms with Crippen LogP contribution >= 0.6 is 11.6 Å². The summed E-state index contributed by atoms with van der Waals surface area (Å²) in [5.74, 6) is 1.05. The molecule has 0 radical (unpaired) electrons. The third-order valence-corrected chi connectivity index (χ3v) is 3.31. The van der Waals surface area contributed by atoms with Gasteiger partial charge in [-0.25, -0.2) is 9.97 Å². The first kappa shape index (κ1) is 12.9. The van der Waals surface area contributed by atoms with Crippen LogP contribution in [0.1, 0.15) is 17.5 Å². The van der Waals surface area contributed by atoms with E-state index in [0.29, 0.717) is 27.9 Å². The second kappa shape index (κ2) is 5.11. The van der Waals surface area contributed by atoms with E-state index in [1.165, 1.54) is 6.33 Å². The van der Waals surface area contributed by atoms with Gasteiger partial charge in [0.1, 0.15) is 18.1 Å². The van der Waals surface area contributed by atoms with Gasteiger partial charge in [0.2, 0.25) is 5.88 Å². The van der Waals surface area contributed by atoms with Crippen molar-refractivity contribution < 1.29 is 9.15 Å². The van der Waals surface area contributed by atoms with E-state index in [1.54, 1.807) is 19.2 Å². The molecule has 6 heteroatoms. The van der Waals surface area contributed by atoms with Crippen molar-refractivity contribution >= 4 is 22.6 Å². The third kappa shape index (κ3) is 2.21. The normalized spacial score (nSPS) is 12.6. The molecule has 0 amide bonds. The van der Waals surface area contributed by atoms with Crippen LogP contribution in [0.25, 0.3) is 11.0 Å². The average Bonchev–Trinajstić information content (AvgIpc) is 2.92. The quantitative estimate of drug-likeness (QED) is 0.802. The number of benzene rings is 1. The Bertz CT molecular complexity index is 757. The number of para-hydroxylation sites is 1. The van der Waals surface area contributed by atoms with E-state index in [2.05, 4.69) is 9.97 Å². The number of hydrogen-bond donors (Lipinski definition) is 1. The van der Waals surface area contributed by atoms with Gasteiger partial charge in [0.05, 0.1) is 17.8 Å². The fourth-order valence-electron chi connectivity index (χ4n) is 1.98. The fourth-order valence-corrected chi connectivity index (χ4v) is 2.20. The number of fused-ring (bicyclic) bond motifs is 1. The van der Waals surface area contributed by atoms with Crippen LogP contribution < -0.4 is 10.5 Å². The molecule has 0 bridgehead atoms. The van der Waals surface area contributed by atoms with Crippen LogP contribution in [-0.4, -0.2) is 17.1 Å². The number of methoxy groups -OCH3 is 1. The summed E-state index contributed by atoms with van der Waals surface area (Å²) in [6.45, 7) is 0. The molecule has 0 saturated carbocycles. The van der Waals surface area contributed by atoms with Crippen LogP contribution in [0.5, 0.6) is 5.88 Å². The van der Waals surface area contributed by atoms with Crippen LogP contribution in [0.4, 0.5) is 0 Å². The zero-order chi connectivity index (χ0) is 14.1. The van der Waals surface area contributed by atoms with Crippen molar-refractivity contribution in [1.82, 2.24) is 9.97 Å². The zero-order valence-corrected chi connectivity index (χ0v) is 11.5. The summed E-state index contributed by atoms with van der Waals surface area (Å²) < 4.78 is 10.8. The molecule has 2 N–H and O–H groups in total. The maximum absolute atomic E-state index is 6.17. The molecular formula is C14H12ClN3O2. The average molecular weight is 290 g/mol. The van der Waals surface area contributed by atoms with Crippen molar-refractivity contribution in [3.05, 3.63) is 53.1 Å². The molecule has 1 aromatic carbocycles. The van der Waals surface area contributed by atoms with Gasteiger partial charge in [-0.3, -0.25) is 0 Å². The van der Waals surface area contributed by atoms with E-state index in [9.17, 15) is 0 Å². The molecule has 0 fully saturated rings. The molecule has 5 nitrogen and oxygen atoms in total. The summed E-state index contributed by atoms with van der Waals surface area (Å²) in [7, 11) is 1.54. The number of nitrogens with two attached hydrogens (primary N) is 1. The Morgan fingerprint density at radius 1 is 1.30 bits per heavy atom. The minimum Gasteiger partial charge on any atom is -0.481 e. The first-order valence-corrected chi connectivity index (χ1v) is 6.36. The van der Waals surface area contributed by atoms with Crippen molar-refractivity contribution in [2.24, 2.45) is 5.73 Å². The number of furan rings is 1. The summed E-state index contributed by atoms with van der Waals surface area (Å²) in [6, 6.07) is 8.59. The van der Waals surface area contributed by atoms with Crippen molar-refractivity contribution in [1.29, 1.82) is 0 Å². The number of halogens is 1. The summed E-state index contributed by atoms with van der Waals surface area (Å²) in [5.41, 5.74) is 7.41. The molecule has 0 spiro atoms. The first-order chi connectivity index (χ1) is 9.69. The molecule has 102 valence electrons. The Kier molecular flexibility index (Phi) is 3.30. The highest BCUT2D eigenvalue weighted by molar-refractivity contribution is 6.34. The van der Waals surface area contributed by atoms with Gasteiger partial charge in [0.15, 0.2) is 5.58 Å². The SMILES string of the molecule is COc1cc(C(N)c2cc3cccc(Cl)c3o2)ncn1. The van der Waals surface area contributed by atoms with Gasteiger partial charge in [0.25, 0.3) is 0 Å². The molecule has 0 aliphatic carbocycles. The minimum atomic E-state index is -0.504. The van der Waals surface area contributed by atoms with Gasteiger partial charge in [-0.2, -0.15) is 0 Å². The molecule has 2 aromatic heterocycles. The standard InChI is InChI=1S/C14H12ClN3O2/c1-19-12-6-10(17-7-18-12)13(16)11-5-8-3-2-4-9(15)14(8)20-11/h2-7,13H,16H2,1H3. The van der Waals surface area contributed by atoms with Crippen LogP contribution in [0, 0.1) is 0 Å². The van der Waals surface area contributed by atoms with Crippen molar-refractivity contribution in [3.63, 3.8) is 0 Å². The Morgan fingerprint density at radius 3 is 2.90 bits per heavy atom. The molecule has 1 atom stereocenters. The van der Waals surface area contributed by atoms with E-state index < -0.39 is 6.04 Å². The molecule has 0 saturated heterocycles. The van der Waals surface area contributed by atoms with Crippen LogP contribution in [0.3, 0.4) is 0 Å². The lowest BCUT2D eigenvalue weighted by Crippen LogP contribution is -2.13. The van der Waals surface area contributed by atoms with E-state index in [-0.39, 0.29) is 0 Å². The lowest BCUT2D eigenvalue weighted by molar-refractivity contribution is 0.395. The van der Waals surface area contributed by atoms with Crippen LogP contribution in [-0.2, 0) is 0 Å². The van der Waals surface area contributed by atoms with Crippen LogP contribution in [0.2, 0.25) is 5.02 Å². The topological polar surface area (TPSA) is 74.2 Å². The molecule has 0 aliphatic heterocycles. The summed E-state index contributed by atoms with van der Waals surface area (Å²) in [6.07, 6.45) is 1.41. The van der Waals surface area contributed by atoms with Crippen molar-refractivity contribution in [2.45, 2.75) is 6.04 Å². The monoisotopic (exact) mass is 289 g/mol. The summed E-state index contributed by atoms with van der Waals surface area (Å²) >= 11 is 6.09. The van der Waals surface area contributed by atoms with E-state index in [1.807, 2.05) is 18.2 Å². The second-order valence-corrected chi connectivity index (χ2v) is 4.68. The highest BCUT2D eigenvalue weighted by Gasteiger charge is 2.17. The Labute approximate surface area is 120 Å². The smallest absolute Gasteiger partial charge is 0.216 e. The molecule has 2 heterocycles. The van der Waals surface area contributed by atoms with Crippen molar-refractivity contribution in [2.75, 3.05) is 7.11 Å². The number of rotatable bonds is 3. The number of nitrogens with zero attached hydrogens (tertiary/aromatic N) is 2. The zero-order valence-electron chi connectivity index (χ0n) is 10.7. The summed E-state index contributed by atoms with van der Waals surface area (Å²) in [5, 5.41) is 1.46. The van der Waals surface area contributed by atoms with Crippen LogP contribution in [0.15, 0.2) is 41.1 Å². The molecular weight excluding hydrogens is 278 g/mol.